The molecule has 1 spiro atoms. The van der Waals surface area contributed by atoms with E-state index in [1.807, 2.05) is 10.4 Å². The van der Waals surface area contributed by atoms with Crippen LogP contribution in [0.4, 0.5) is 0 Å². The standard InChI is InChI=1S/C17H27N3O2S/c1-13(21)9-20-11-17(4-3-16(20)22)5-7-19(8-6-17)10-15-14(2)18-12-23-15/h12-13,21H,3-11H2,1-2H3. The van der Waals surface area contributed by atoms with Gasteiger partial charge in [0.05, 0.1) is 17.3 Å². The number of carbonyl (C=O) groups excluding carboxylic acids is 1. The number of carbonyl (C=O) groups is 1. The van der Waals surface area contributed by atoms with Crippen LogP contribution >= 0.6 is 11.3 Å². The van der Waals surface area contributed by atoms with E-state index in [1.165, 1.54) is 4.88 Å². The van der Waals surface area contributed by atoms with E-state index in [4.69, 9.17) is 0 Å². The lowest BCUT2D eigenvalue weighted by Gasteiger charge is -2.47. The molecule has 0 bridgehead atoms. The Balaban J connectivity index is 1.57. The van der Waals surface area contributed by atoms with Crippen LogP contribution in [0.5, 0.6) is 0 Å². The Morgan fingerprint density at radius 1 is 1.39 bits per heavy atom. The third kappa shape index (κ3) is 3.92. The number of hydrogen-bond donors (Lipinski definition) is 1. The van der Waals surface area contributed by atoms with E-state index in [0.29, 0.717) is 13.0 Å². The molecule has 23 heavy (non-hydrogen) atoms. The van der Waals surface area contributed by atoms with Crippen molar-refractivity contribution in [2.24, 2.45) is 5.41 Å². The number of thiazole rings is 1. The van der Waals surface area contributed by atoms with Crippen LogP contribution in [0.15, 0.2) is 5.51 Å². The van der Waals surface area contributed by atoms with Gasteiger partial charge in [-0.1, -0.05) is 0 Å². The topological polar surface area (TPSA) is 56.7 Å². The van der Waals surface area contributed by atoms with Crippen LogP contribution in [0.25, 0.3) is 0 Å². The summed E-state index contributed by atoms with van der Waals surface area (Å²) in [6.07, 6.45) is 3.50. The van der Waals surface area contributed by atoms with Gasteiger partial charge in [-0.3, -0.25) is 9.69 Å². The van der Waals surface area contributed by atoms with Gasteiger partial charge >= 0.3 is 0 Å². The number of β-amino-alcohol motifs (C(OH)–C–C–N with tert-alkyl or cyclic N) is 1. The van der Waals surface area contributed by atoms with E-state index in [-0.39, 0.29) is 11.3 Å². The Hall–Kier alpha value is -0.980. The highest BCUT2D eigenvalue weighted by Gasteiger charge is 2.41. The van der Waals surface area contributed by atoms with Crippen LogP contribution in [0.2, 0.25) is 0 Å². The van der Waals surface area contributed by atoms with Crippen LogP contribution < -0.4 is 0 Å². The molecular formula is C17H27N3O2S. The van der Waals surface area contributed by atoms with Crippen LogP contribution in [-0.4, -0.2) is 58.1 Å². The molecule has 1 amide bonds. The lowest BCUT2D eigenvalue weighted by atomic mass is 9.72. The number of hydrogen-bond acceptors (Lipinski definition) is 5. The van der Waals surface area contributed by atoms with Gasteiger partial charge in [0, 0.05) is 30.9 Å². The molecule has 1 N–H and O–H groups in total. The van der Waals surface area contributed by atoms with Gasteiger partial charge in [-0.05, 0) is 51.6 Å². The lowest BCUT2D eigenvalue weighted by Crippen LogP contribution is -2.52. The quantitative estimate of drug-likeness (QED) is 0.913. The van der Waals surface area contributed by atoms with Crippen molar-refractivity contribution in [1.29, 1.82) is 0 Å². The fourth-order valence-electron chi connectivity index (χ4n) is 3.86. The first-order chi connectivity index (χ1) is 11.0. The summed E-state index contributed by atoms with van der Waals surface area (Å²) in [5.41, 5.74) is 3.35. The summed E-state index contributed by atoms with van der Waals surface area (Å²) >= 11 is 1.74. The molecule has 2 aliphatic rings. The van der Waals surface area contributed by atoms with E-state index >= 15 is 0 Å². The summed E-state index contributed by atoms with van der Waals surface area (Å²) in [5.74, 6) is 0.208. The maximum Gasteiger partial charge on any atom is 0.222 e. The largest absolute Gasteiger partial charge is 0.392 e. The molecule has 0 aromatic carbocycles. The number of amides is 1. The first-order valence-electron chi connectivity index (χ1n) is 8.55. The van der Waals surface area contributed by atoms with Crippen molar-refractivity contribution in [1.82, 2.24) is 14.8 Å². The summed E-state index contributed by atoms with van der Waals surface area (Å²) in [6.45, 7) is 8.33. The number of aromatic nitrogens is 1. The normalized spacial score (nSPS) is 23.4. The summed E-state index contributed by atoms with van der Waals surface area (Å²) < 4.78 is 0. The molecule has 128 valence electrons. The Kier molecular flexibility index (Phi) is 5.04. The summed E-state index contributed by atoms with van der Waals surface area (Å²) in [4.78, 5) is 22.2. The van der Waals surface area contributed by atoms with Crippen LogP contribution in [-0.2, 0) is 11.3 Å². The number of nitrogens with zero attached hydrogens (tertiary/aromatic N) is 3. The minimum atomic E-state index is -0.441. The fourth-order valence-corrected chi connectivity index (χ4v) is 4.68. The Bertz CT molecular complexity index is 550. The first kappa shape index (κ1) is 16.9. The van der Waals surface area contributed by atoms with Crippen molar-refractivity contribution < 1.29 is 9.90 Å². The molecule has 1 aromatic heterocycles. The van der Waals surface area contributed by atoms with Crippen molar-refractivity contribution in [2.45, 2.75) is 52.2 Å². The molecule has 5 nitrogen and oxygen atoms in total. The molecule has 3 rings (SSSR count). The van der Waals surface area contributed by atoms with E-state index in [2.05, 4.69) is 16.8 Å². The van der Waals surface area contributed by atoms with Gasteiger partial charge in [0.1, 0.15) is 0 Å². The van der Waals surface area contributed by atoms with Gasteiger partial charge in [0.15, 0.2) is 0 Å². The van der Waals surface area contributed by atoms with Gasteiger partial charge in [-0.2, -0.15) is 0 Å². The molecule has 2 saturated heterocycles. The Labute approximate surface area is 142 Å². The molecule has 1 unspecified atom stereocenters. The van der Waals surface area contributed by atoms with Crippen molar-refractivity contribution in [3.8, 4) is 0 Å². The second-order valence-corrected chi connectivity index (χ2v) is 8.20. The van der Waals surface area contributed by atoms with E-state index in [9.17, 15) is 9.90 Å². The highest BCUT2D eigenvalue weighted by atomic mass is 32.1. The zero-order valence-electron chi connectivity index (χ0n) is 14.1. The van der Waals surface area contributed by atoms with Gasteiger partial charge in [-0.25, -0.2) is 4.98 Å². The van der Waals surface area contributed by atoms with Crippen molar-refractivity contribution >= 4 is 17.2 Å². The molecule has 0 saturated carbocycles. The average molecular weight is 337 g/mol. The van der Waals surface area contributed by atoms with E-state index < -0.39 is 6.10 Å². The van der Waals surface area contributed by atoms with E-state index in [1.54, 1.807) is 18.3 Å². The SMILES string of the molecule is Cc1ncsc1CN1CCC2(CCC(=O)N(CC(C)O)C2)CC1. The predicted molar refractivity (Wildman–Crippen MR) is 91.3 cm³/mol. The maximum absolute atomic E-state index is 12.1. The van der Waals surface area contributed by atoms with Crippen LogP contribution in [0.3, 0.4) is 0 Å². The number of piperidine rings is 2. The Morgan fingerprint density at radius 3 is 2.74 bits per heavy atom. The minimum Gasteiger partial charge on any atom is -0.392 e. The second-order valence-electron chi connectivity index (χ2n) is 7.26. The predicted octanol–water partition coefficient (Wildman–Crippen LogP) is 2.04. The highest BCUT2D eigenvalue weighted by Crippen LogP contribution is 2.40. The highest BCUT2D eigenvalue weighted by molar-refractivity contribution is 7.09. The molecule has 6 heteroatoms. The number of aryl methyl sites for hydroxylation is 1. The molecule has 0 aliphatic carbocycles. The van der Waals surface area contributed by atoms with Crippen molar-refractivity contribution in [3.63, 3.8) is 0 Å². The molecular weight excluding hydrogens is 310 g/mol. The average Bonchev–Trinajstić information content (AvgIpc) is 2.91. The summed E-state index contributed by atoms with van der Waals surface area (Å²) in [5, 5.41) is 9.61. The molecule has 3 heterocycles. The van der Waals surface area contributed by atoms with Crippen LogP contribution in [0, 0.1) is 12.3 Å². The number of aliphatic hydroxyl groups excluding tert-OH is 1. The maximum atomic E-state index is 12.1. The summed E-state index contributed by atoms with van der Waals surface area (Å²) in [6, 6.07) is 0. The van der Waals surface area contributed by atoms with Crippen molar-refractivity contribution in [3.05, 3.63) is 16.1 Å². The van der Waals surface area contributed by atoms with Gasteiger partial charge < -0.3 is 10.0 Å². The number of likely N-dealkylation sites (tertiary alicyclic amines) is 2. The molecule has 0 radical (unpaired) electrons. The second kappa shape index (κ2) is 6.87. The van der Waals surface area contributed by atoms with Gasteiger partial charge in [0.25, 0.3) is 0 Å². The molecule has 1 aromatic rings. The van der Waals surface area contributed by atoms with Crippen molar-refractivity contribution in [2.75, 3.05) is 26.2 Å². The Morgan fingerprint density at radius 2 is 2.13 bits per heavy atom. The number of aliphatic hydroxyl groups is 1. The molecule has 2 fully saturated rings. The van der Waals surface area contributed by atoms with Gasteiger partial charge in [-0.15, -0.1) is 11.3 Å². The van der Waals surface area contributed by atoms with Gasteiger partial charge in [0.2, 0.25) is 5.91 Å². The van der Waals surface area contributed by atoms with Crippen LogP contribution in [0.1, 0.15) is 43.2 Å². The van der Waals surface area contributed by atoms with E-state index in [0.717, 1.165) is 51.1 Å². The molecule has 1 atom stereocenters. The fraction of sp³-hybridized carbons (Fsp3) is 0.765. The third-order valence-corrected chi connectivity index (χ3v) is 6.28. The number of rotatable bonds is 4. The minimum absolute atomic E-state index is 0.208. The molecule has 2 aliphatic heterocycles. The summed E-state index contributed by atoms with van der Waals surface area (Å²) in [7, 11) is 0. The first-order valence-corrected chi connectivity index (χ1v) is 9.43. The third-order valence-electron chi connectivity index (χ3n) is 5.36. The monoisotopic (exact) mass is 337 g/mol. The lowest BCUT2D eigenvalue weighted by molar-refractivity contribution is -0.140. The smallest absolute Gasteiger partial charge is 0.222 e. The zero-order valence-corrected chi connectivity index (χ0v) is 14.9. The zero-order chi connectivity index (χ0) is 16.4.